The molecule has 0 saturated heterocycles. The van der Waals surface area contributed by atoms with Crippen LogP contribution in [-0.2, 0) is 35.3 Å². The maximum Gasteiger partial charge on any atom is 0.267 e. The van der Waals surface area contributed by atoms with E-state index < -0.39 is 7.82 Å². The molecular weight excluding hydrogens is 335 g/mol. The summed E-state index contributed by atoms with van der Waals surface area (Å²) >= 11 is 0. The Labute approximate surface area is 152 Å². The van der Waals surface area contributed by atoms with E-state index in [1.54, 1.807) is 0 Å². The number of hydrogen-bond acceptors (Lipinski definition) is 4. The Bertz CT molecular complexity index is 243. The third kappa shape index (κ3) is 18.9. The van der Waals surface area contributed by atoms with E-state index in [1.807, 2.05) is 0 Å². The summed E-state index contributed by atoms with van der Waals surface area (Å²) in [6, 6.07) is 0. The molecule has 22 heavy (non-hydrogen) atoms. The fraction of sp³-hybridized carbons (Fsp3) is 1.00. The van der Waals surface area contributed by atoms with Gasteiger partial charge in [-0.05, 0) is 12.8 Å². The van der Waals surface area contributed by atoms with Crippen LogP contribution in [0.25, 0.3) is 0 Å². The topological polar surface area (TPSA) is 58.6 Å². The van der Waals surface area contributed by atoms with Crippen LogP contribution in [-0.4, -0.2) is 13.2 Å². The minimum absolute atomic E-state index is 0. The Balaban J connectivity index is 0. The maximum atomic E-state index is 11.5. The van der Waals surface area contributed by atoms with Gasteiger partial charge in [-0.25, -0.2) is 0 Å². The van der Waals surface area contributed by atoms with Crippen LogP contribution in [0.2, 0.25) is 0 Å². The van der Waals surface area contributed by atoms with Gasteiger partial charge in [-0.3, -0.25) is 4.57 Å². The van der Waals surface area contributed by atoms with Crippen LogP contribution in [0.3, 0.4) is 0 Å². The molecule has 0 aromatic rings. The summed E-state index contributed by atoms with van der Waals surface area (Å²) in [5, 5.41) is 0. The van der Waals surface area contributed by atoms with Gasteiger partial charge in [0.2, 0.25) is 0 Å². The number of rotatable bonds is 16. The molecule has 0 N–H and O–H groups in total. The maximum absolute atomic E-state index is 11.5. The zero-order valence-corrected chi connectivity index (χ0v) is 16.9. The van der Waals surface area contributed by atoms with E-state index in [0.29, 0.717) is 0 Å². The SMILES string of the molecule is CCCCCCCCOP(=O)([O-])OCCCCCCCC.[Ti]. The average molecular weight is 369 g/mol. The average Bonchev–Trinajstić information content (AvgIpc) is 2.45. The molecule has 0 fully saturated rings. The summed E-state index contributed by atoms with van der Waals surface area (Å²) in [5.74, 6) is 0. The van der Waals surface area contributed by atoms with E-state index in [2.05, 4.69) is 13.8 Å². The Morgan fingerprint density at radius 1 is 0.682 bits per heavy atom. The summed E-state index contributed by atoms with van der Waals surface area (Å²) in [7, 11) is -4.07. The van der Waals surface area contributed by atoms with Crippen molar-refractivity contribution in [1.29, 1.82) is 0 Å². The van der Waals surface area contributed by atoms with Crippen molar-refractivity contribution in [1.82, 2.24) is 0 Å². The van der Waals surface area contributed by atoms with Gasteiger partial charge in [0.25, 0.3) is 7.82 Å². The molecule has 4 nitrogen and oxygen atoms in total. The molecule has 0 aliphatic carbocycles. The van der Waals surface area contributed by atoms with Gasteiger partial charge in [0.15, 0.2) is 0 Å². The molecule has 0 heterocycles. The smallest absolute Gasteiger partial charge is 0.267 e. The van der Waals surface area contributed by atoms with Crippen LogP contribution in [0.5, 0.6) is 0 Å². The molecule has 0 aliphatic rings. The molecule has 0 radical (unpaired) electrons. The van der Waals surface area contributed by atoms with Crippen molar-refractivity contribution in [3.05, 3.63) is 0 Å². The van der Waals surface area contributed by atoms with Crippen molar-refractivity contribution in [3.63, 3.8) is 0 Å². The number of hydrogen-bond donors (Lipinski definition) is 0. The van der Waals surface area contributed by atoms with Crippen molar-refractivity contribution in [2.45, 2.75) is 90.9 Å². The van der Waals surface area contributed by atoms with Crippen LogP contribution in [0.15, 0.2) is 0 Å². The fourth-order valence-electron chi connectivity index (χ4n) is 2.15. The van der Waals surface area contributed by atoms with Gasteiger partial charge in [0.1, 0.15) is 0 Å². The molecule has 0 amide bonds. The molecule has 0 aromatic heterocycles. The normalized spacial score (nSPS) is 11.4. The van der Waals surface area contributed by atoms with Crippen LogP contribution < -0.4 is 4.89 Å². The molecular formula is C16H34O4PTi-. The quantitative estimate of drug-likeness (QED) is 0.213. The summed E-state index contributed by atoms with van der Waals surface area (Å²) in [5.41, 5.74) is 0. The van der Waals surface area contributed by atoms with Crippen LogP contribution in [0.4, 0.5) is 0 Å². The summed E-state index contributed by atoms with van der Waals surface area (Å²) in [6.45, 7) is 4.86. The molecule has 0 atom stereocenters. The minimum Gasteiger partial charge on any atom is -0.756 e. The van der Waals surface area contributed by atoms with Gasteiger partial charge >= 0.3 is 0 Å². The number of unbranched alkanes of at least 4 members (excludes halogenated alkanes) is 10. The first-order valence-electron chi connectivity index (χ1n) is 8.72. The Kier molecular flexibility index (Phi) is 20.7. The molecule has 6 heteroatoms. The van der Waals surface area contributed by atoms with Gasteiger partial charge < -0.3 is 13.9 Å². The molecule has 0 saturated carbocycles. The third-order valence-corrected chi connectivity index (χ3v) is 4.49. The molecule has 0 aliphatic heterocycles. The third-order valence-electron chi connectivity index (χ3n) is 3.49. The van der Waals surface area contributed by atoms with Crippen molar-refractivity contribution >= 4 is 7.82 Å². The number of phosphoric ester groups is 1. The molecule has 132 valence electrons. The zero-order chi connectivity index (χ0) is 15.8. The van der Waals surface area contributed by atoms with E-state index in [9.17, 15) is 9.46 Å². The largest absolute Gasteiger partial charge is 0.756 e. The van der Waals surface area contributed by atoms with Gasteiger partial charge in [0, 0.05) is 21.7 Å². The summed E-state index contributed by atoms with van der Waals surface area (Å²) in [4.78, 5) is 11.5. The monoisotopic (exact) mass is 369 g/mol. The van der Waals surface area contributed by atoms with Crippen LogP contribution in [0, 0.1) is 0 Å². The minimum atomic E-state index is -4.07. The van der Waals surface area contributed by atoms with Crippen LogP contribution >= 0.6 is 7.82 Å². The first-order chi connectivity index (χ1) is 10.1. The van der Waals surface area contributed by atoms with Gasteiger partial charge in [-0.1, -0.05) is 78.1 Å². The predicted octanol–water partition coefficient (Wildman–Crippen LogP) is 5.21. The molecule has 0 bridgehead atoms. The Morgan fingerprint density at radius 3 is 1.36 bits per heavy atom. The van der Waals surface area contributed by atoms with Crippen molar-refractivity contribution in [2.75, 3.05) is 13.2 Å². The van der Waals surface area contributed by atoms with E-state index in [0.717, 1.165) is 38.5 Å². The fourth-order valence-corrected chi connectivity index (χ4v) is 2.93. The predicted molar refractivity (Wildman–Crippen MR) is 86.3 cm³/mol. The van der Waals surface area contributed by atoms with Gasteiger partial charge in [-0.15, -0.1) is 0 Å². The van der Waals surface area contributed by atoms with Crippen LogP contribution in [0.1, 0.15) is 90.9 Å². The summed E-state index contributed by atoms with van der Waals surface area (Å²) in [6.07, 6.45) is 13.3. The molecule has 0 aromatic carbocycles. The second-order valence-corrected chi connectivity index (χ2v) is 7.06. The Morgan fingerprint density at radius 2 is 1.00 bits per heavy atom. The van der Waals surface area contributed by atoms with Gasteiger partial charge in [-0.2, -0.15) is 0 Å². The van der Waals surface area contributed by atoms with E-state index in [-0.39, 0.29) is 34.9 Å². The summed E-state index contributed by atoms with van der Waals surface area (Å²) < 4.78 is 21.2. The van der Waals surface area contributed by atoms with Crippen molar-refractivity contribution in [2.24, 2.45) is 0 Å². The Hall–Kier alpha value is 0.824. The van der Waals surface area contributed by atoms with Gasteiger partial charge in [0.05, 0.1) is 13.2 Å². The van der Waals surface area contributed by atoms with Crippen molar-refractivity contribution < 1.29 is 40.2 Å². The number of phosphoric acid groups is 1. The van der Waals surface area contributed by atoms with E-state index >= 15 is 0 Å². The zero-order valence-electron chi connectivity index (χ0n) is 14.5. The second-order valence-electron chi connectivity index (χ2n) is 5.65. The van der Waals surface area contributed by atoms with E-state index in [4.69, 9.17) is 9.05 Å². The standard InChI is InChI=1S/C16H35O4P.Ti/c1-3-5-7-9-11-13-15-19-21(17,18)20-16-14-12-10-8-6-4-2;/h3-16H2,1-2H3,(H,17,18);/p-1. The molecule has 0 unspecified atom stereocenters. The molecule has 0 rings (SSSR count). The molecule has 0 spiro atoms. The second kappa shape index (κ2) is 18.2. The van der Waals surface area contributed by atoms with Crippen molar-refractivity contribution in [3.8, 4) is 0 Å². The first-order valence-corrected chi connectivity index (χ1v) is 10.2. The first kappa shape index (κ1) is 25.1. The van der Waals surface area contributed by atoms with E-state index in [1.165, 1.54) is 38.5 Å².